The predicted octanol–water partition coefficient (Wildman–Crippen LogP) is 1.38. The van der Waals surface area contributed by atoms with E-state index in [2.05, 4.69) is 10.6 Å². The van der Waals surface area contributed by atoms with Crippen molar-refractivity contribution in [2.45, 2.75) is 32.2 Å². The summed E-state index contributed by atoms with van der Waals surface area (Å²) in [6.45, 7) is 1.85. The summed E-state index contributed by atoms with van der Waals surface area (Å²) < 4.78 is 0. The van der Waals surface area contributed by atoms with Crippen LogP contribution in [0.5, 0.6) is 0 Å². The Morgan fingerprint density at radius 1 is 1.21 bits per heavy atom. The fraction of sp³-hybridized carbons (Fsp3) is 0.609. The van der Waals surface area contributed by atoms with Crippen LogP contribution in [-0.2, 0) is 20.8 Å². The van der Waals surface area contributed by atoms with Crippen LogP contribution in [0.4, 0.5) is 5.69 Å². The van der Waals surface area contributed by atoms with E-state index < -0.39 is 5.41 Å². The molecule has 152 valence electrons. The summed E-state index contributed by atoms with van der Waals surface area (Å²) in [5.74, 6) is 2.94. The zero-order valence-electron chi connectivity index (χ0n) is 16.4. The number of Topliss-reactive ketones (excluding diaryl/α,β-unsaturated/α-hetero) is 1. The Morgan fingerprint density at radius 3 is 2.62 bits per heavy atom. The van der Waals surface area contributed by atoms with E-state index in [1.165, 1.54) is 6.42 Å². The molecule has 1 aromatic rings. The Kier molecular flexibility index (Phi) is 3.46. The van der Waals surface area contributed by atoms with Crippen molar-refractivity contribution in [1.82, 2.24) is 5.32 Å². The molecule has 6 aliphatic rings. The van der Waals surface area contributed by atoms with Gasteiger partial charge in [-0.05, 0) is 60.1 Å². The van der Waals surface area contributed by atoms with Crippen LogP contribution in [0.15, 0.2) is 24.3 Å². The molecule has 0 spiro atoms. The topological polar surface area (TPSA) is 95.5 Å². The third-order valence-electron chi connectivity index (χ3n) is 8.91. The van der Waals surface area contributed by atoms with E-state index >= 15 is 0 Å². The Balaban J connectivity index is 1.12. The van der Waals surface area contributed by atoms with Gasteiger partial charge in [0.15, 0.2) is 0 Å². The van der Waals surface area contributed by atoms with E-state index in [0.29, 0.717) is 41.8 Å². The number of hydrogen-bond donors (Lipinski definition) is 3. The Bertz CT molecular complexity index is 923. The lowest BCUT2D eigenvalue weighted by molar-refractivity contribution is -0.245. The highest BCUT2D eigenvalue weighted by molar-refractivity contribution is 6.08. The van der Waals surface area contributed by atoms with Crippen molar-refractivity contribution in [2.24, 2.45) is 46.8 Å². The molecule has 6 nitrogen and oxygen atoms in total. The van der Waals surface area contributed by atoms with Gasteiger partial charge in [-0.1, -0.05) is 19.1 Å². The average Bonchev–Trinajstić information content (AvgIpc) is 3.22. The molecule has 6 fully saturated rings. The minimum absolute atomic E-state index is 0.00717. The summed E-state index contributed by atoms with van der Waals surface area (Å²) in [5.41, 5.74) is 1.18. The fourth-order valence-electron chi connectivity index (χ4n) is 8.11. The van der Waals surface area contributed by atoms with E-state index in [-0.39, 0.29) is 42.7 Å². The average molecular weight is 394 g/mol. The third-order valence-corrected chi connectivity index (χ3v) is 8.91. The molecular formula is C23H26N2O4. The number of anilines is 1. The van der Waals surface area contributed by atoms with Gasteiger partial charge in [0.2, 0.25) is 11.8 Å². The number of nitrogens with one attached hydrogen (secondary N) is 2. The zero-order chi connectivity index (χ0) is 20.1. The summed E-state index contributed by atoms with van der Waals surface area (Å²) in [7, 11) is 0. The van der Waals surface area contributed by atoms with Gasteiger partial charge in [-0.15, -0.1) is 0 Å². The number of benzene rings is 1. The normalized spacial score (nSPS) is 42.4. The van der Waals surface area contributed by atoms with E-state index in [4.69, 9.17) is 0 Å². The summed E-state index contributed by atoms with van der Waals surface area (Å²) >= 11 is 0. The summed E-state index contributed by atoms with van der Waals surface area (Å²) in [6, 6.07) is 7.14. The van der Waals surface area contributed by atoms with Crippen molar-refractivity contribution in [3.05, 3.63) is 29.8 Å². The Morgan fingerprint density at radius 2 is 1.97 bits per heavy atom. The molecule has 0 heterocycles. The van der Waals surface area contributed by atoms with Crippen LogP contribution < -0.4 is 10.6 Å². The van der Waals surface area contributed by atoms with Crippen LogP contribution in [0.2, 0.25) is 0 Å². The molecule has 7 rings (SSSR count). The van der Waals surface area contributed by atoms with Gasteiger partial charge in [0.1, 0.15) is 5.78 Å². The molecule has 0 aromatic heterocycles. The van der Waals surface area contributed by atoms with Crippen molar-refractivity contribution in [1.29, 1.82) is 0 Å². The molecule has 9 unspecified atom stereocenters. The quantitative estimate of drug-likeness (QED) is 0.651. The summed E-state index contributed by atoms with van der Waals surface area (Å²) in [6.07, 6.45) is 2.10. The maximum atomic E-state index is 13.2. The second-order valence-corrected chi connectivity index (χ2v) is 9.71. The summed E-state index contributed by atoms with van der Waals surface area (Å²) in [4.78, 5) is 38.0. The SMILES string of the molecule is CCC(CO)NC(=O)Cc1ccc(NC(=O)C23C4C(=O)C5C6CC(C52)C3C64)cc1. The number of hydrogen-bond acceptors (Lipinski definition) is 4. The van der Waals surface area contributed by atoms with E-state index in [9.17, 15) is 19.5 Å². The number of rotatable bonds is 7. The second kappa shape index (κ2) is 5.69. The number of ketones is 1. The lowest BCUT2D eigenvalue weighted by atomic mass is 9.31. The molecule has 9 atom stereocenters. The molecule has 3 N–H and O–H groups in total. The largest absolute Gasteiger partial charge is 0.394 e. The van der Waals surface area contributed by atoms with Crippen molar-refractivity contribution < 1.29 is 19.5 Å². The van der Waals surface area contributed by atoms with Gasteiger partial charge in [-0.3, -0.25) is 14.4 Å². The minimum Gasteiger partial charge on any atom is -0.394 e. The van der Waals surface area contributed by atoms with E-state index in [1.807, 2.05) is 31.2 Å². The van der Waals surface area contributed by atoms with Gasteiger partial charge >= 0.3 is 0 Å². The van der Waals surface area contributed by atoms with Crippen molar-refractivity contribution in [2.75, 3.05) is 11.9 Å². The van der Waals surface area contributed by atoms with Gasteiger partial charge in [-0.25, -0.2) is 0 Å². The first-order valence-corrected chi connectivity index (χ1v) is 10.9. The van der Waals surface area contributed by atoms with Gasteiger partial charge in [-0.2, -0.15) is 0 Å². The first-order valence-electron chi connectivity index (χ1n) is 10.9. The van der Waals surface area contributed by atoms with Crippen LogP contribution >= 0.6 is 0 Å². The van der Waals surface area contributed by atoms with Crippen molar-refractivity contribution in [3.8, 4) is 0 Å². The van der Waals surface area contributed by atoms with Crippen LogP contribution in [0.3, 0.4) is 0 Å². The number of amides is 2. The third kappa shape index (κ3) is 1.89. The highest BCUT2D eigenvalue weighted by Crippen LogP contribution is 2.92. The standard InChI is InChI=1S/C23H26N2O4/c1-2-11(9-26)24-15(27)7-10-3-5-12(6-4-10)25-22(29)23-18-14-8-13-16(18)20(23)21(28)17(13)19(14)23/h3-6,11,13-14,16-20,26H,2,7-9H2,1H3,(H,24,27)(H,25,29). The molecule has 29 heavy (non-hydrogen) atoms. The second-order valence-electron chi connectivity index (χ2n) is 9.71. The van der Waals surface area contributed by atoms with E-state index in [1.54, 1.807) is 0 Å². The molecule has 6 aliphatic carbocycles. The van der Waals surface area contributed by atoms with E-state index in [0.717, 1.165) is 11.3 Å². The molecule has 4 bridgehead atoms. The molecular weight excluding hydrogens is 368 g/mol. The van der Waals surface area contributed by atoms with Crippen LogP contribution in [0.25, 0.3) is 0 Å². The van der Waals surface area contributed by atoms with Gasteiger partial charge in [0.05, 0.1) is 24.5 Å². The molecule has 0 saturated heterocycles. The molecule has 1 aromatic carbocycles. The Labute approximate surface area is 169 Å². The van der Waals surface area contributed by atoms with Gasteiger partial charge in [0, 0.05) is 17.5 Å². The lowest BCUT2D eigenvalue weighted by Gasteiger charge is -2.70. The molecule has 2 amide bonds. The Hall–Kier alpha value is -2.21. The number of carbonyl (C=O) groups excluding carboxylic acids is 3. The minimum atomic E-state index is -0.401. The van der Waals surface area contributed by atoms with Crippen LogP contribution in [-0.4, -0.2) is 35.4 Å². The monoisotopic (exact) mass is 394 g/mol. The lowest BCUT2D eigenvalue weighted by Crippen LogP contribution is -2.74. The van der Waals surface area contributed by atoms with Crippen molar-refractivity contribution >= 4 is 23.3 Å². The van der Waals surface area contributed by atoms with Crippen LogP contribution in [0, 0.1) is 46.8 Å². The molecule has 6 saturated carbocycles. The fourth-order valence-corrected chi connectivity index (χ4v) is 8.11. The zero-order valence-corrected chi connectivity index (χ0v) is 16.4. The molecule has 0 aliphatic heterocycles. The molecule has 0 radical (unpaired) electrons. The van der Waals surface area contributed by atoms with Gasteiger partial charge < -0.3 is 15.7 Å². The summed E-state index contributed by atoms with van der Waals surface area (Å²) in [5, 5.41) is 15.1. The maximum absolute atomic E-state index is 13.2. The highest BCUT2D eigenvalue weighted by Gasteiger charge is 2.96. The number of aliphatic hydroxyl groups is 1. The maximum Gasteiger partial charge on any atom is 0.231 e. The molecule has 6 heteroatoms. The smallest absolute Gasteiger partial charge is 0.231 e. The first kappa shape index (κ1) is 17.6. The number of carbonyl (C=O) groups is 3. The number of aliphatic hydroxyl groups excluding tert-OH is 1. The van der Waals surface area contributed by atoms with Gasteiger partial charge in [0.25, 0.3) is 0 Å². The highest BCUT2D eigenvalue weighted by atomic mass is 16.3. The van der Waals surface area contributed by atoms with Crippen molar-refractivity contribution in [3.63, 3.8) is 0 Å². The first-order chi connectivity index (χ1) is 14.0. The van der Waals surface area contributed by atoms with Crippen LogP contribution in [0.1, 0.15) is 25.3 Å². The predicted molar refractivity (Wildman–Crippen MR) is 105 cm³/mol.